The summed E-state index contributed by atoms with van der Waals surface area (Å²) in [5, 5.41) is 8.93. The number of aliphatic carboxylic acids is 1. The highest BCUT2D eigenvalue weighted by molar-refractivity contribution is 5.90. The molecular weight excluding hydrogens is 246 g/mol. The molecule has 0 rings (SSSR count). The van der Waals surface area contributed by atoms with Gasteiger partial charge in [0.05, 0.1) is 0 Å². The molecule has 5 nitrogen and oxygen atoms in total. The summed E-state index contributed by atoms with van der Waals surface area (Å²) in [7, 11) is 0. The monoisotopic (exact) mass is 269 g/mol. The van der Waals surface area contributed by atoms with Crippen LogP contribution < -0.4 is 5.73 Å². The zero-order valence-corrected chi connectivity index (χ0v) is 12.0. The van der Waals surface area contributed by atoms with Gasteiger partial charge in [0.15, 0.2) is 0 Å². The van der Waals surface area contributed by atoms with E-state index < -0.39 is 17.9 Å². The van der Waals surface area contributed by atoms with Crippen molar-refractivity contribution in [1.82, 2.24) is 0 Å². The Morgan fingerprint density at radius 2 is 1.95 bits per heavy atom. The predicted molar refractivity (Wildman–Crippen MR) is 73.5 cm³/mol. The van der Waals surface area contributed by atoms with Crippen molar-refractivity contribution < 1.29 is 19.4 Å². The largest absolute Gasteiger partial charge is 0.478 e. The van der Waals surface area contributed by atoms with Gasteiger partial charge in [-0.1, -0.05) is 33.4 Å². The van der Waals surface area contributed by atoms with Crippen molar-refractivity contribution in [3.8, 4) is 0 Å². The molecule has 0 aliphatic carbocycles. The quantitative estimate of drug-likeness (QED) is 0.566. The van der Waals surface area contributed by atoms with E-state index in [0.717, 1.165) is 0 Å². The zero-order valence-electron chi connectivity index (χ0n) is 12.0. The Hall–Kier alpha value is -1.62. The average Bonchev–Trinajstić information content (AvgIpc) is 2.29. The first-order valence-electron chi connectivity index (χ1n) is 6.09. The maximum atomic E-state index is 11.8. The third-order valence-electron chi connectivity index (χ3n) is 2.68. The van der Waals surface area contributed by atoms with Gasteiger partial charge in [-0.15, -0.1) is 0 Å². The van der Waals surface area contributed by atoms with Gasteiger partial charge >= 0.3 is 11.9 Å². The number of nitrogens with two attached hydrogens (primary N) is 1. The Kier molecular flexibility index (Phi) is 6.48. The van der Waals surface area contributed by atoms with E-state index in [9.17, 15) is 9.59 Å². The molecule has 0 heterocycles. The van der Waals surface area contributed by atoms with Crippen molar-refractivity contribution in [1.29, 1.82) is 0 Å². The number of carbonyl (C=O) groups is 2. The minimum Gasteiger partial charge on any atom is -0.478 e. The van der Waals surface area contributed by atoms with Crippen molar-refractivity contribution >= 4 is 11.9 Å². The van der Waals surface area contributed by atoms with Gasteiger partial charge in [0.25, 0.3) is 0 Å². The molecule has 108 valence electrons. The molecule has 19 heavy (non-hydrogen) atoms. The van der Waals surface area contributed by atoms with Gasteiger partial charge in [-0.25, -0.2) is 9.59 Å². The minimum atomic E-state index is -1.02. The molecule has 0 bridgehead atoms. The van der Waals surface area contributed by atoms with Crippen LogP contribution in [0.25, 0.3) is 0 Å². The second kappa shape index (κ2) is 7.09. The number of hydrogen-bond acceptors (Lipinski definition) is 4. The maximum Gasteiger partial charge on any atom is 0.334 e. The van der Waals surface area contributed by atoms with Gasteiger partial charge in [0, 0.05) is 23.6 Å². The van der Waals surface area contributed by atoms with Crippen molar-refractivity contribution in [2.75, 3.05) is 13.2 Å². The van der Waals surface area contributed by atoms with E-state index in [-0.39, 0.29) is 29.7 Å². The molecule has 0 radical (unpaired) electrons. The lowest BCUT2D eigenvalue weighted by Crippen LogP contribution is -2.27. The van der Waals surface area contributed by atoms with Gasteiger partial charge in [0.1, 0.15) is 6.61 Å². The Morgan fingerprint density at radius 3 is 2.32 bits per heavy atom. The van der Waals surface area contributed by atoms with Gasteiger partial charge < -0.3 is 15.6 Å². The van der Waals surface area contributed by atoms with E-state index in [4.69, 9.17) is 15.6 Å². The van der Waals surface area contributed by atoms with Crippen molar-refractivity contribution in [2.45, 2.75) is 27.7 Å². The number of allylic oxidation sites excluding steroid dienone is 1. The van der Waals surface area contributed by atoms with Crippen molar-refractivity contribution in [3.05, 3.63) is 23.8 Å². The lowest BCUT2D eigenvalue weighted by molar-refractivity contribution is -0.139. The lowest BCUT2D eigenvalue weighted by Gasteiger charge is -2.29. The van der Waals surface area contributed by atoms with Crippen LogP contribution in [-0.2, 0) is 14.3 Å². The summed E-state index contributed by atoms with van der Waals surface area (Å²) >= 11 is 0. The van der Waals surface area contributed by atoms with Crippen LogP contribution in [0.3, 0.4) is 0 Å². The van der Waals surface area contributed by atoms with E-state index >= 15 is 0 Å². The lowest BCUT2D eigenvalue weighted by atomic mass is 9.75. The molecule has 0 aliphatic heterocycles. The minimum absolute atomic E-state index is 0.121. The number of carboxylic acids is 1. The molecule has 0 aromatic carbocycles. The molecule has 5 heteroatoms. The average molecular weight is 269 g/mol. The molecule has 1 atom stereocenters. The maximum absolute atomic E-state index is 11.8. The highest BCUT2D eigenvalue weighted by Gasteiger charge is 2.30. The van der Waals surface area contributed by atoms with Crippen molar-refractivity contribution in [2.24, 2.45) is 17.1 Å². The Labute approximate surface area is 114 Å². The van der Waals surface area contributed by atoms with Gasteiger partial charge in [-0.2, -0.15) is 0 Å². The first-order chi connectivity index (χ1) is 8.61. The number of rotatable bonds is 6. The first kappa shape index (κ1) is 17.4. The van der Waals surface area contributed by atoms with Crippen LogP contribution in [0.1, 0.15) is 27.7 Å². The third-order valence-corrected chi connectivity index (χ3v) is 2.68. The second-order valence-corrected chi connectivity index (χ2v) is 5.45. The number of hydrogen-bond donors (Lipinski definition) is 2. The van der Waals surface area contributed by atoms with E-state index in [1.165, 1.54) is 13.0 Å². The summed E-state index contributed by atoms with van der Waals surface area (Å²) in [5.74, 6) is -1.97. The Morgan fingerprint density at radius 1 is 1.42 bits per heavy atom. The van der Waals surface area contributed by atoms with Crippen LogP contribution in [0.15, 0.2) is 23.8 Å². The summed E-state index contributed by atoms with van der Waals surface area (Å²) in [6.45, 7) is 11.3. The van der Waals surface area contributed by atoms with Gasteiger partial charge in [-0.05, 0) is 12.3 Å². The van der Waals surface area contributed by atoms with Gasteiger partial charge in [-0.3, -0.25) is 0 Å². The Balaban J connectivity index is 5.18. The molecule has 0 spiro atoms. The molecule has 0 fully saturated rings. The number of ether oxygens (including phenoxy) is 1. The normalized spacial score (nSPS) is 13.8. The molecule has 0 aliphatic rings. The number of esters is 1. The summed E-state index contributed by atoms with van der Waals surface area (Å²) in [5.41, 5.74) is 5.34. The third kappa shape index (κ3) is 5.70. The second-order valence-electron chi connectivity index (χ2n) is 5.45. The summed E-state index contributed by atoms with van der Waals surface area (Å²) < 4.78 is 4.93. The van der Waals surface area contributed by atoms with E-state index in [1.54, 1.807) is 0 Å². The topological polar surface area (TPSA) is 89.6 Å². The summed E-state index contributed by atoms with van der Waals surface area (Å²) in [6.07, 6.45) is 1.54. The molecule has 0 saturated carbocycles. The van der Waals surface area contributed by atoms with E-state index in [2.05, 4.69) is 6.58 Å². The SMILES string of the molecule is C=C(C(=O)OCCN)C(C=C(C)C(=O)O)C(C)(C)C. The fourth-order valence-electron chi connectivity index (χ4n) is 1.57. The molecule has 0 saturated heterocycles. The number of carboxylic acid groups (broad SMARTS) is 1. The molecule has 3 N–H and O–H groups in total. The van der Waals surface area contributed by atoms with Crippen molar-refractivity contribution in [3.63, 3.8) is 0 Å². The van der Waals surface area contributed by atoms with Crippen LogP contribution in [0, 0.1) is 11.3 Å². The van der Waals surface area contributed by atoms with Crippen LogP contribution in [-0.4, -0.2) is 30.2 Å². The van der Waals surface area contributed by atoms with Crippen LogP contribution in [0.4, 0.5) is 0 Å². The highest BCUT2D eigenvalue weighted by Crippen LogP contribution is 2.33. The molecule has 0 amide bonds. The van der Waals surface area contributed by atoms with Crippen LogP contribution in [0.5, 0.6) is 0 Å². The fraction of sp³-hybridized carbons (Fsp3) is 0.571. The molecule has 0 aromatic rings. The summed E-state index contributed by atoms with van der Waals surface area (Å²) in [4.78, 5) is 22.7. The van der Waals surface area contributed by atoms with E-state index in [1.807, 2.05) is 20.8 Å². The number of carbonyl (C=O) groups excluding carboxylic acids is 1. The Bertz CT molecular complexity index is 391. The van der Waals surface area contributed by atoms with Gasteiger partial charge in [0.2, 0.25) is 0 Å². The zero-order chi connectivity index (χ0) is 15.2. The van der Waals surface area contributed by atoms with Crippen LogP contribution in [0.2, 0.25) is 0 Å². The van der Waals surface area contributed by atoms with Crippen LogP contribution >= 0.6 is 0 Å². The first-order valence-corrected chi connectivity index (χ1v) is 6.09. The molecule has 0 aromatic heterocycles. The highest BCUT2D eigenvalue weighted by atomic mass is 16.5. The molecular formula is C14H23NO4. The fourth-order valence-corrected chi connectivity index (χ4v) is 1.57. The van der Waals surface area contributed by atoms with E-state index in [0.29, 0.717) is 0 Å². The summed E-state index contributed by atoms with van der Waals surface area (Å²) in [6, 6.07) is 0. The smallest absolute Gasteiger partial charge is 0.334 e. The predicted octanol–water partition coefficient (Wildman–Crippen LogP) is 1.74. The standard InChI is InChI=1S/C14H23NO4/c1-9(12(16)17)8-11(14(3,4)5)10(2)13(18)19-7-6-15/h8,11H,2,6-7,15H2,1,3-5H3,(H,16,17). The molecule has 1 unspecified atom stereocenters.